The molecule has 3 aliphatic rings. The Labute approximate surface area is 208 Å². The number of halogens is 3. The van der Waals surface area contributed by atoms with Gasteiger partial charge in [0.1, 0.15) is 0 Å². The molecule has 0 saturated heterocycles. The highest BCUT2D eigenvalue weighted by atomic mass is 35.5. The zero-order chi connectivity index (χ0) is 25.9. The van der Waals surface area contributed by atoms with Crippen LogP contribution in [0.4, 0.5) is 14.5 Å². The molecule has 2 aromatic carbocycles. The van der Waals surface area contributed by atoms with Crippen LogP contribution in [0, 0.1) is 34.8 Å². The van der Waals surface area contributed by atoms with Gasteiger partial charge in [0.2, 0.25) is 0 Å². The average Bonchev–Trinajstić information content (AvgIpc) is 2.81. The highest BCUT2D eigenvalue weighted by Gasteiger charge is 2.66. The summed E-state index contributed by atoms with van der Waals surface area (Å²) in [6.07, 6.45) is -1.01. The fourth-order valence-electron chi connectivity index (χ4n) is 5.85. The molecule has 10 heteroatoms. The maximum absolute atomic E-state index is 13.6. The van der Waals surface area contributed by atoms with Gasteiger partial charge in [-0.3, -0.25) is 4.79 Å². The standard InChI is InChI=1S/C25H28ClF2NO5S/c1-12(2)23(31)25(3)16-10-15(11-17(25)22(16)30)35(33,34)21-8-13(4-6-18(21)26)24(32)29-14-5-7-19(27)20(28)9-14/h4-9,12,15-17,22-23,30-31H,10-11H2,1-3H3,(H,29,32)/t15?,16?,17?,22?,23-,25?/m1/s1. The molecule has 0 spiro atoms. The number of anilines is 1. The van der Waals surface area contributed by atoms with Crippen molar-refractivity contribution in [1.29, 1.82) is 0 Å². The van der Waals surface area contributed by atoms with Crippen molar-refractivity contribution in [3.63, 3.8) is 0 Å². The van der Waals surface area contributed by atoms with Gasteiger partial charge >= 0.3 is 0 Å². The third-order valence-electron chi connectivity index (χ3n) is 7.84. The number of benzene rings is 2. The van der Waals surface area contributed by atoms with E-state index in [9.17, 15) is 32.2 Å². The number of carbonyl (C=O) groups excluding carboxylic acids is 1. The summed E-state index contributed by atoms with van der Waals surface area (Å²) in [5, 5.41) is 22.9. The summed E-state index contributed by atoms with van der Waals surface area (Å²) in [5.41, 5.74) is -0.577. The van der Waals surface area contributed by atoms with E-state index in [1.165, 1.54) is 24.3 Å². The van der Waals surface area contributed by atoms with Crippen LogP contribution >= 0.6 is 11.6 Å². The first-order valence-electron chi connectivity index (χ1n) is 11.4. The van der Waals surface area contributed by atoms with E-state index in [4.69, 9.17) is 11.6 Å². The largest absolute Gasteiger partial charge is 0.393 e. The monoisotopic (exact) mass is 527 g/mol. The van der Waals surface area contributed by atoms with Crippen molar-refractivity contribution in [2.75, 3.05) is 5.32 Å². The van der Waals surface area contributed by atoms with Crippen LogP contribution < -0.4 is 5.32 Å². The van der Waals surface area contributed by atoms with Gasteiger partial charge in [-0.2, -0.15) is 0 Å². The minimum Gasteiger partial charge on any atom is -0.393 e. The lowest BCUT2D eigenvalue weighted by atomic mass is 9.43. The molecule has 35 heavy (non-hydrogen) atoms. The van der Waals surface area contributed by atoms with Gasteiger partial charge in [-0.1, -0.05) is 32.4 Å². The highest BCUT2D eigenvalue weighted by Crippen LogP contribution is 2.63. The molecular formula is C25H28ClF2NO5S. The molecule has 0 heterocycles. The number of fused-ring (bicyclic) bond motifs is 2. The fourth-order valence-corrected chi connectivity index (χ4v) is 8.20. The first-order valence-corrected chi connectivity index (χ1v) is 13.4. The molecule has 6 nitrogen and oxygen atoms in total. The normalized spacial score (nSPS) is 28.9. The Morgan fingerprint density at radius 2 is 1.74 bits per heavy atom. The molecule has 3 aliphatic carbocycles. The SMILES string of the molecule is CC(C)[C@@H](O)C1(C)C2CC(S(=O)(=O)c3cc(C(=O)Nc4ccc(F)c(F)c4)ccc3Cl)CC1C2O. The van der Waals surface area contributed by atoms with Gasteiger partial charge in [0.25, 0.3) is 5.91 Å². The lowest BCUT2D eigenvalue weighted by Crippen LogP contribution is -2.69. The average molecular weight is 528 g/mol. The first kappa shape index (κ1) is 26.0. The Bertz CT molecular complexity index is 1250. The van der Waals surface area contributed by atoms with Crippen molar-refractivity contribution in [1.82, 2.24) is 0 Å². The third-order valence-corrected chi connectivity index (χ3v) is 10.5. The fraction of sp³-hybridized carbons (Fsp3) is 0.480. The smallest absolute Gasteiger partial charge is 0.255 e. The molecule has 3 fully saturated rings. The molecular weight excluding hydrogens is 500 g/mol. The van der Waals surface area contributed by atoms with Crippen molar-refractivity contribution in [3.05, 3.63) is 58.6 Å². The minimum atomic E-state index is -3.97. The second kappa shape index (κ2) is 9.10. The minimum absolute atomic E-state index is 0.0117. The summed E-state index contributed by atoms with van der Waals surface area (Å²) >= 11 is 6.24. The van der Waals surface area contributed by atoms with Crippen LogP contribution in [0.1, 0.15) is 44.0 Å². The van der Waals surface area contributed by atoms with Gasteiger partial charge in [0.15, 0.2) is 21.5 Å². The molecule has 0 aliphatic heterocycles. The number of amides is 1. The van der Waals surface area contributed by atoms with E-state index in [1.807, 2.05) is 20.8 Å². The van der Waals surface area contributed by atoms with E-state index in [0.717, 1.165) is 12.1 Å². The van der Waals surface area contributed by atoms with E-state index in [-0.39, 0.29) is 51.8 Å². The van der Waals surface area contributed by atoms with Crippen molar-refractivity contribution in [2.45, 2.75) is 56.0 Å². The maximum Gasteiger partial charge on any atom is 0.255 e. The quantitative estimate of drug-likeness (QED) is 0.515. The maximum atomic E-state index is 13.6. The molecule has 2 unspecified atom stereocenters. The Morgan fingerprint density at radius 1 is 1.11 bits per heavy atom. The van der Waals surface area contributed by atoms with E-state index in [2.05, 4.69) is 5.32 Å². The molecule has 2 bridgehead atoms. The van der Waals surface area contributed by atoms with Gasteiger partial charge in [-0.05, 0) is 60.9 Å². The zero-order valence-corrected chi connectivity index (χ0v) is 21.1. The van der Waals surface area contributed by atoms with E-state index in [1.54, 1.807) is 0 Å². The molecule has 5 rings (SSSR count). The topological polar surface area (TPSA) is 104 Å². The zero-order valence-electron chi connectivity index (χ0n) is 19.5. The summed E-state index contributed by atoms with van der Waals surface area (Å²) in [4.78, 5) is 12.5. The summed E-state index contributed by atoms with van der Waals surface area (Å²) in [5.74, 6) is -3.69. The van der Waals surface area contributed by atoms with Gasteiger partial charge in [0, 0.05) is 22.7 Å². The van der Waals surface area contributed by atoms with Crippen LogP contribution in [0.2, 0.25) is 5.02 Å². The molecule has 3 atom stereocenters. The van der Waals surface area contributed by atoms with E-state index < -0.39 is 50.3 Å². The van der Waals surface area contributed by atoms with Gasteiger partial charge in [-0.25, -0.2) is 17.2 Å². The van der Waals surface area contributed by atoms with E-state index >= 15 is 0 Å². The summed E-state index contributed by atoms with van der Waals surface area (Å²) in [6.45, 7) is 5.68. The van der Waals surface area contributed by atoms with Crippen molar-refractivity contribution >= 4 is 33.0 Å². The molecule has 0 aromatic heterocycles. The van der Waals surface area contributed by atoms with E-state index in [0.29, 0.717) is 0 Å². The lowest BCUT2D eigenvalue weighted by Gasteiger charge is -2.65. The third kappa shape index (κ3) is 4.26. The summed E-state index contributed by atoms with van der Waals surface area (Å²) < 4.78 is 53.7. The number of rotatable bonds is 6. The molecule has 190 valence electrons. The van der Waals surface area contributed by atoms with Crippen LogP contribution in [0.25, 0.3) is 0 Å². The Morgan fingerprint density at radius 3 is 2.31 bits per heavy atom. The predicted octanol–water partition coefficient (Wildman–Crippen LogP) is 4.44. The molecule has 1 amide bonds. The van der Waals surface area contributed by atoms with Crippen molar-refractivity contribution < 1.29 is 32.2 Å². The predicted molar refractivity (Wildman–Crippen MR) is 128 cm³/mol. The number of carbonyl (C=O) groups is 1. The molecule has 2 aromatic rings. The van der Waals surface area contributed by atoms with Crippen molar-refractivity contribution in [2.24, 2.45) is 23.2 Å². The van der Waals surface area contributed by atoms with Crippen LogP contribution in [-0.2, 0) is 9.84 Å². The molecule has 3 N–H and O–H groups in total. The Kier molecular flexibility index (Phi) is 6.76. The number of nitrogens with one attached hydrogen (secondary N) is 1. The first-order chi connectivity index (χ1) is 16.3. The summed E-state index contributed by atoms with van der Waals surface area (Å²) in [7, 11) is -3.97. The van der Waals surface area contributed by atoms with Gasteiger partial charge < -0.3 is 15.5 Å². The van der Waals surface area contributed by atoms with Crippen molar-refractivity contribution in [3.8, 4) is 0 Å². The van der Waals surface area contributed by atoms with Crippen LogP contribution in [-0.4, -0.2) is 42.0 Å². The van der Waals surface area contributed by atoms with Crippen LogP contribution in [0.3, 0.4) is 0 Å². The Balaban J connectivity index is 1.58. The second-order valence-electron chi connectivity index (χ2n) is 10.1. The number of hydrogen-bond donors (Lipinski definition) is 3. The second-order valence-corrected chi connectivity index (χ2v) is 12.7. The van der Waals surface area contributed by atoms with Gasteiger partial charge in [0.05, 0.1) is 27.4 Å². The summed E-state index contributed by atoms with van der Waals surface area (Å²) in [6, 6.07) is 6.70. The molecule has 0 radical (unpaired) electrons. The number of hydrogen-bond acceptors (Lipinski definition) is 5. The lowest BCUT2D eigenvalue weighted by molar-refractivity contribution is -0.243. The van der Waals surface area contributed by atoms with Gasteiger partial charge in [-0.15, -0.1) is 0 Å². The number of aliphatic hydroxyl groups excluding tert-OH is 2. The number of aliphatic hydroxyl groups is 2. The van der Waals surface area contributed by atoms with Crippen LogP contribution in [0.5, 0.6) is 0 Å². The number of sulfone groups is 1. The highest BCUT2D eigenvalue weighted by molar-refractivity contribution is 7.92. The Hall–Kier alpha value is -2.07. The molecule has 3 saturated carbocycles. The van der Waals surface area contributed by atoms with Crippen LogP contribution in [0.15, 0.2) is 41.3 Å².